The number of primary amides is 1. The summed E-state index contributed by atoms with van der Waals surface area (Å²) in [6.45, 7) is 0. The van der Waals surface area contributed by atoms with Gasteiger partial charge in [-0.3, -0.25) is 0 Å². The fourth-order valence-corrected chi connectivity index (χ4v) is 2.24. The van der Waals surface area contributed by atoms with Gasteiger partial charge in [-0.2, -0.15) is 5.21 Å². The summed E-state index contributed by atoms with van der Waals surface area (Å²) in [4.78, 5) is 40.9. The summed E-state index contributed by atoms with van der Waals surface area (Å²) >= 11 is 0. The summed E-state index contributed by atoms with van der Waals surface area (Å²) < 4.78 is 0. The highest BCUT2D eigenvalue weighted by Gasteiger charge is 2.67. The summed E-state index contributed by atoms with van der Waals surface area (Å²) in [6, 6.07) is 6.64. The zero-order valence-corrected chi connectivity index (χ0v) is 9.44. The van der Waals surface area contributed by atoms with Crippen LogP contribution in [0.3, 0.4) is 0 Å². The van der Waals surface area contributed by atoms with Crippen LogP contribution in [0.15, 0.2) is 29.3 Å². The molecule has 1 aromatic carbocycles. The summed E-state index contributed by atoms with van der Waals surface area (Å²) in [5.74, 6) is -3.15. The van der Waals surface area contributed by atoms with Crippen LogP contribution in [0.25, 0.3) is 0 Å². The summed E-state index contributed by atoms with van der Waals surface area (Å²) in [6.07, 6.45) is -1.43. The fraction of sp³-hybridized carbons (Fsp3) is 0.0909. The third-order valence-corrected chi connectivity index (χ3v) is 3.02. The molecule has 19 heavy (non-hydrogen) atoms. The van der Waals surface area contributed by atoms with Gasteiger partial charge in [0.05, 0.1) is 5.69 Å². The van der Waals surface area contributed by atoms with Gasteiger partial charge in [0.1, 0.15) is 4.81 Å². The number of imide groups is 1. The van der Waals surface area contributed by atoms with Gasteiger partial charge in [0.2, 0.25) is 0 Å². The number of para-hydroxylation sites is 1. The molecular formula is C11H8N3O5+. The monoisotopic (exact) mass is 262 g/mol. The number of carbonyl (C=O) groups excluding carboxylic acids is 3. The minimum atomic E-state index is -2.12. The van der Waals surface area contributed by atoms with Crippen molar-refractivity contribution in [1.29, 1.82) is 0 Å². The van der Waals surface area contributed by atoms with Crippen molar-refractivity contribution in [3.8, 4) is 0 Å². The maximum Gasteiger partial charge on any atom is 0.465 e. The van der Waals surface area contributed by atoms with E-state index in [1.807, 2.05) is 0 Å². The van der Waals surface area contributed by atoms with Gasteiger partial charge in [-0.15, -0.1) is 0 Å². The predicted octanol–water partition coefficient (Wildman–Crippen LogP) is 0.139. The smallest absolute Gasteiger partial charge is 0.330 e. The molecule has 3 rings (SSSR count). The molecule has 0 aromatic heterocycles. The van der Waals surface area contributed by atoms with E-state index in [0.717, 1.165) is 0 Å². The van der Waals surface area contributed by atoms with Gasteiger partial charge >= 0.3 is 17.9 Å². The molecule has 8 heteroatoms. The van der Waals surface area contributed by atoms with E-state index in [1.54, 1.807) is 24.3 Å². The number of rotatable bonds is 1. The van der Waals surface area contributed by atoms with E-state index >= 15 is 0 Å². The second-order valence-electron chi connectivity index (χ2n) is 4.12. The summed E-state index contributed by atoms with van der Waals surface area (Å²) in [5.41, 5.74) is 5.55. The van der Waals surface area contributed by atoms with Crippen molar-refractivity contribution >= 4 is 29.3 Å². The van der Waals surface area contributed by atoms with Gasteiger partial charge < -0.3 is 5.73 Å². The van der Waals surface area contributed by atoms with Gasteiger partial charge in [0, 0.05) is 5.56 Å². The quantitative estimate of drug-likeness (QED) is 0.424. The number of fused-ring (bicyclic) bond motifs is 3. The lowest BCUT2D eigenvalue weighted by Crippen LogP contribution is -2.53. The van der Waals surface area contributed by atoms with Crippen LogP contribution in [0.4, 0.5) is 10.5 Å². The van der Waals surface area contributed by atoms with E-state index in [4.69, 9.17) is 5.73 Å². The highest BCUT2D eigenvalue weighted by molar-refractivity contribution is 6.48. The first-order chi connectivity index (χ1) is 8.95. The van der Waals surface area contributed by atoms with Crippen LogP contribution in [0.1, 0.15) is 11.5 Å². The number of hydrogen-bond donors (Lipinski definition) is 2. The van der Waals surface area contributed by atoms with E-state index in [2.05, 4.69) is 9.83 Å². The number of quaternary nitrogens is 1. The molecule has 8 nitrogen and oxygen atoms in total. The van der Waals surface area contributed by atoms with Crippen LogP contribution in [0.5, 0.6) is 0 Å². The number of hydrogen-bond acceptors (Lipinski definition) is 6. The van der Waals surface area contributed by atoms with Gasteiger partial charge in [0.25, 0.3) is 0 Å². The topological polar surface area (TPSA) is 119 Å². The van der Waals surface area contributed by atoms with Crippen molar-refractivity contribution in [2.45, 2.75) is 5.92 Å². The molecule has 0 bridgehead atoms. The van der Waals surface area contributed by atoms with E-state index < -0.39 is 28.6 Å². The molecule has 0 saturated carbocycles. The molecule has 2 unspecified atom stereocenters. The SMILES string of the molecule is NC(=O)O[N+]1(O)C(=O)C2=Nc3ccccc3C2C1=O. The lowest BCUT2D eigenvalue weighted by atomic mass is 9.98. The minimum absolute atomic E-state index is 0.157. The summed E-state index contributed by atoms with van der Waals surface area (Å²) in [5, 5.41) is 9.86. The van der Waals surface area contributed by atoms with Crippen LogP contribution in [-0.4, -0.2) is 33.6 Å². The van der Waals surface area contributed by atoms with Gasteiger partial charge in [0.15, 0.2) is 11.6 Å². The third kappa shape index (κ3) is 1.35. The number of aliphatic imine (C=N–C) groups is 1. The number of benzene rings is 1. The zero-order chi connectivity index (χ0) is 13.8. The third-order valence-electron chi connectivity index (χ3n) is 3.02. The predicted molar refractivity (Wildman–Crippen MR) is 59.0 cm³/mol. The highest BCUT2D eigenvalue weighted by atomic mass is 17.0. The molecule has 2 aliphatic rings. The molecular weight excluding hydrogens is 254 g/mol. The standard InChI is InChI=1S/C11H7N3O5/c12-11(17)19-14(18)9(15)7-5-3-1-2-4-6(5)13-8(7)10(14)16/h1-4,7,18H,(H-,12,17)/p+1. The Bertz CT molecular complexity index is 668. The van der Waals surface area contributed by atoms with Crippen molar-refractivity contribution in [3.05, 3.63) is 29.8 Å². The van der Waals surface area contributed by atoms with Crippen LogP contribution in [0.2, 0.25) is 0 Å². The second kappa shape index (κ2) is 3.46. The Morgan fingerprint density at radius 1 is 1.37 bits per heavy atom. The van der Waals surface area contributed by atoms with E-state index in [1.165, 1.54) is 0 Å². The molecule has 0 radical (unpaired) electrons. The van der Waals surface area contributed by atoms with Crippen LogP contribution < -0.4 is 5.73 Å². The molecule has 1 saturated heterocycles. The molecule has 2 aliphatic heterocycles. The molecule has 2 atom stereocenters. The first kappa shape index (κ1) is 11.5. The first-order valence-corrected chi connectivity index (χ1v) is 5.33. The van der Waals surface area contributed by atoms with E-state index in [-0.39, 0.29) is 5.71 Å². The maximum atomic E-state index is 12.1. The van der Waals surface area contributed by atoms with Crippen LogP contribution in [-0.2, 0) is 14.4 Å². The van der Waals surface area contributed by atoms with Crippen molar-refractivity contribution < 1.29 is 29.2 Å². The van der Waals surface area contributed by atoms with Crippen LogP contribution in [0, 0.1) is 0 Å². The zero-order valence-electron chi connectivity index (χ0n) is 9.44. The molecule has 1 fully saturated rings. The number of nitrogens with zero attached hydrogens (tertiary/aromatic N) is 2. The van der Waals surface area contributed by atoms with E-state index in [9.17, 15) is 19.6 Å². The number of amides is 3. The Labute approximate surface area is 106 Å². The molecule has 2 heterocycles. The fourth-order valence-electron chi connectivity index (χ4n) is 2.24. The molecule has 3 N–H and O–H groups in total. The number of nitrogens with two attached hydrogens (primary N) is 1. The van der Waals surface area contributed by atoms with E-state index in [0.29, 0.717) is 11.3 Å². The highest BCUT2D eigenvalue weighted by Crippen LogP contribution is 2.42. The number of carbonyl (C=O) groups is 3. The largest absolute Gasteiger partial charge is 0.465 e. The van der Waals surface area contributed by atoms with Crippen molar-refractivity contribution in [2.24, 2.45) is 10.7 Å². The molecule has 96 valence electrons. The lowest BCUT2D eigenvalue weighted by molar-refractivity contribution is -1.11. The van der Waals surface area contributed by atoms with Crippen molar-refractivity contribution in [3.63, 3.8) is 0 Å². The average molecular weight is 262 g/mol. The van der Waals surface area contributed by atoms with Gasteiger partial charge in [-0.25, -0.2) is 24.2 Å². The van der Waals surface area contributed by atoms with Gasteiger partial charge in [-0.05, 0) is 6.07 Å². The lowest BCUT2D eigenvalue weighted by Gasteiger charge is -2.14. The summed E-state index contributed by atoms with van der Waals surface area (Å²) in [7, 11) is 0. The molecule has 0 spiro atoms. The second-order valence-corrected chi connectivity index (χ2v) is 4.12. The molecule has 3 amide bonds. The van der Waals surface area contributed by atoms with Crippen molar-refractivity contribution in [1.82, 2.24) is 0 Å². The Morgan fingerprint density at radius 2 is 2.05 bits per heavy atom. The van der Waals surface area contributed by atoms with Crippen LogP contribution >= 0.6 is 0 Å². The first-order valence-electron chi connectivity index (χ1n) is 5.33. The maximum absolute atomic E-state index is 12.1. The minimum Gasteiger partial charge on any atom is -0.330 e. The normalized spacial score (nSPS) is 27.8. The Kier molecular flexibility index (Phi) is 2.10. The van der Waals surface area contributed by atoms with Crippen molar-refractivity contribution in [2.75, 3.05) is 0 Å². The van der Waals surface area contributed by atoms with Gasteiger partial charge in [-0.1, -0.05) is 18.2 Å². The molecule has 1 aromatic rings. The Balaban J connectivity index is 2.11. The number of hydroxylamine groups is 4. The average Bonchev–Trinajstić information content (AvgIpc) is 2.81. The molecule has 0 aliphatic carbocycles. The Hall–Kier alpha value is -2.58. The Morgan fingerprint density at radius 3 is 2.74 bits per heavy atom.